The molecule has 0 amide bonds. The number of nitrogens with one attached hydrogen (secondary N) is 2. The van der Waals surface area contributed by atoms with Gasteiger partial charge in [-0.1, -0.05) is 0 Å². The highest BCUT2D eigenvalue weighted by Crippen LogP contribution is 2.15. The molecule has 2 aromatic rings. The van der Waals surface area contributed by atoms with E-state index in [1.807, 2.05) is 27.9 Å². The van der Waals surface area contributed by atoms with Gasteiger partial charge in [0.15, 0.2) is 5.11 Å². The Morgan fingerprint density at radius 3 is 1.67 bits per heavy atom. The molecular formula is C11H16N6S. The van der Waals surface area contributed by atoms with Crippen LogP contribution >= 0.6 is 12.2 Å². The molecule has 2 aromatic heterocycles. The van der Waals surface area contributed by atoms with E-state index in [2.05, 4.69) is 20.8 Å². The molecule has 0 radical (unpaired) electrons. The maximum absolute atomic E-state index is 5.26. The summed E-state index contributed by atoms with van der Waals surface area (Å²) in [5.74, 6) is 0. The maximum atomic E-state index is 5.26. The molecule has 6 nitrogen and oxygen atoms in total. The average Bonchev–Trinajstić information content (AvgIpc) is 2.80. The van der Waals surface area contributed by atoms with Crippen molar-refractivity contribution in [3.8, 4) is 0 Å². The van der Waals surface area contributed by atoms with Gasteiger partial charge in [0.25, 0.3) is 0 Å². The van der Waals surface area contributed by atoms with Gasteiger partial charge < -0.3 is 10.6 Å². The number of rotatable bonds is 2. The van der Waals surface area contributed by atoms with E-state index in [4.69, 9.17) is 12.2 Å². The number of thiocarbonyl (C=S) groups is 1. The van der Waals surface area contributed by atoms with E-state index in [9.17, 15) is 0 Å². The molecule has 2 N–H and O–H groups in total. The fourth-order valence-electron chi connectivity index (χ4n) is 1.52. The van der Waals surface area contributed by atoms with Crippen molar-refractivity contribution in [3.05, 3.63) is 23.8 Å². The maximum Gasteiger partial charge on any atom is 0.175 e. The van der Waals surface area contributed by atoms with Crippen LogP contribution in [0.4, 0.5) is 11.4 Å². The molecule has 0 bridgehead atoms. The van der Waals surface area contributed by atoms with Gasteiger partial charge in [-0.2, -0.15) is 10.2 Å². The van der Waals surface area contributed by atoms with Crippen LogP contribution in [0.5, 0.6) is 0 Å². The number of aromatic nitrogens is 4. The third-order valence-electron chi connectivity index (χ3n) is 2.97. The van der Waals surface area contributed by atoms with Crippen molar-refractivity contribution in [1.82, 2.24) is 19.6 Å². The Kier molecular flexibility index (Phi) is 3.33. The topological polar surface area (TPSA) is 59.7 Å². The normalized spacial score (nSPS) is 10.4. The first-order chi connectivity index (χ1) is 8.49. The lowest BCUT2D eigenvalue weighted by molar-refractivity contribution is 0.740. The molecule has 2 rings (SSSR count). The van der Waals surface area contributed by atoms with E-state index in [0.29, 0.717) is 5.11 Å². The van der Waals surface area contributed by atoms with Crippen LogP contribution in [0.15, 0.2) is 12.4 Å². The molecule has 7 heteroatoms. The van der Waals surface area contributed by atoms with E-state index in [-0.39, 0.29) is 0 Å². The lowest BCUT2D eigenvalue weighted by atomic mass is 10.4. The fourth-order valence-corrected chi connectivity index (χ4v) is 1.74. The second-order valence-corrected chi connectivity index (χ2v) is 4.52. The van der Waals surface area contributed by atoms with Gasteiger partial charge in [-0.05, 0) is 26.1 Å². The summed E-state index contributed by atoms with van der Waals surface area (Å²) in [5, 5.41) is 15.1. The first kappa shape index (κ1) is 12.6. The third-order valence-corrected chi connectivity index (χ3v) is 3.17. The van der Waals surface area contributed by atoms with Crippen molar-refractivity contribution in [2.24, 2.45) is 14.1 Å². The van der Waals surface area contributed by atoms with Gasteiger partial charge >= 0.3 is 0 Å². The number of aryl methyl sites for hydroxylation is 2. The minimum Gasteiger partial charge on any atom is -0.330 e. The molecule has 18 heavy (non-hydrogen) atoms. The summed E-state index contributed by atoms with van der Waals surface area (Å²) in [6.07, 6.45) is 3.50. The number of anilines is 2. The standard InChI is InChI=1S/C11H16N6S/c1-7-9(5-12-16(7)3)14-11(18)15-10-6-13-17(4)8(10)2/h5-6H,1-4H3,(H2,14,15,18). The number of hydrogen-bond donors (Lipinski definition) is 2. The van der Waals surface area contributed by atoms with Crippen LogP contribution in [-0.4, -0.2) is 24.7 Å². The Morgan fingerprint density at radius 2 is 1.39 bits per heavy atom. The lowest BCUT2D eigenvalue weighted by Crippen LogP contribution is -2.19. The van der Waals surface area contributed by atoms with Gasteiger partial charge in [-0.3, -0.25) is 9.36 Å². The highest BCUT2D eigenvalue weighted by atomic mass is 32.1. The van der Waals surface area contributed by atoms with E-state index >= 15 is 0 Å². The molecule has 0 saturated heterocycles. The molecule has 0 aliphatic rings. The van der Waals surface area contributed by atoms with Gasteiger partial charge in [0.1, 0.15) is 0 Å². The van der Waals surface area contributed by atoms with Crippen LogP contribution in [0.25, 0.3) is 0 Å². The Hall–Kier alpha value is -1.89. The van der Waals surface area contributed by atoms with Crippen LogP contribution in [0.1, 0.15) is 11.4 Å². The first-order valence-corrected chi connectivity index (χ1v) is 5.95. The Morgan fingerprint density at radius 1 is 1.00 bits per heavy atom. The van der Waals surface area contributed by atoms with Crippen LogP contribution in [0.2, 0.25) is 0 Å². The molecule has 96 valence electrons. The molecule has 0 fully saturated rings. The van der Waals surface area contributed by atoms with Crippen LogP contribution < -0.4 is 10.6 Å². The van der Waals surface area contributed by atoms with Crippen LogP contribution in [0, 0.1) is 13.8 Å². The number of nitrogens with zero attached hydrogens (tertiary/aromatic N) is 4. The Balaban J connectivity index is 2.05. The molecule has 0 saturated carbocycles. The monoisotopic (exact) mass is 264 g/mol. The SMILES string of the molecule is Cc1c(NC(=S)Nc2cnn(C)c2C)cnn1C. The summed E-state index contributed by atoms with van der Waals surface area (Å²) in [5.41, 5.74) is 3.86. The zero-order chi connectivity index (χ0) is 13.3. The molecule has 0 aliphatic carbocycles. The van der Waals surface area contributed by atoms with Gasteiger partial charge in [-0.25, -0.2) is 0 Å². The molecule has 0 atom stereocenters. The summed E-state index contributed by atoms with van der Waals surface area (Å²) < 4.78 is 3.58. The molecule has 0 spiro atoms. The van der Waals surface area contributed by atoms with Crippen molar-refractivity contribution < 1.29 is 0 Å². The Bertz CT molecular complexity index is 532. The first-order valence-electron chi connectivity index (χ1n) is 5.54. The smallest absolute Gasteiger partial charge is 0.175 e. The summed E-state index contributed by atoms with van der Waals surface area (Å²) in [6, 6.07) is 0. The fraction of sp³-hybridized carbons (Fsp3) is 0.364. The number of hydrogen-bond acceptors (Lipinski definition) is 3. The summed E-state index contributed by atoms with van der Waals surface area (Å²) in [7, 11) is 3.78. The minimum atomic E-state index is 0.530. The molecule has 0 aromatic carbocycles. The molecule has 0 unspecified atom stereocenters. The zero-order valence-corrected chi connectivity index (χ0v) is 11.7. The highest BCUT2D eigenvalue weighted by molar-refractivity contribution is 7.80. The third kappa shape index (κ3) is 2.35. The predicted molar refractivity (Wildman–Crippen MR) is 75.7 cm³/mol. The molecular weight excluding hydrogens is 248 g/mol. The highest BCUT2D eigenvalue weighted by Gasteiger charge is 2.08. The molecule has 0 aliphatic heterocycles. The summed E-state index contributed by atoms with van der Waals surface area (Å²) in [6.45, 7) is 3.96. The van der Waals surface area contributed by atoms with Gasteiger partial charge in [0.2, 0.25) is 0 Å². The van der Waals surface area contributed by atoms with E-state index in [0.717, 1.165) is 22.8 Å². The predicted octanol–water partition coefficient (Wildman–Crippen LogP) is 1.58. The van der Waals surface area contributed by atoms with Crippen molar-refractivity contribution in [3.63, 3.8) is 0 Å². The van der Waals surface area contributed by atoms with E-state index in [1.54, 1.807) is 21.8 Å². The second kappa shape index (κ2) is 4.77. The lowest BCUT2D eigenvalue weighted by Gasteiger charge is -2.09. The van der Waals surface area contributed by atoms with Crippen molar-refractivity contribution in [2.75, 3.05) is 10.6 Å². The Labute approximate surface area is 111 Å². The minimum absolute atomic E-state index is 0.530. The van der Waals surface area contributed by atoms with Gasteiger partial charge in [0, 0.05) is 14.1 Å². The van der Waals surface area contributed by atoms with E-state index in [1.165, 1.54) is 0 Å². The summed E-state index contributed by atoms with van der Waals surface area (Å²) in [4.78, 5) is 0. The summed E-state index contributed by atoms with van der Waals surface area (Å²) >= 11 is 5.26. The zero-order valence-electron chi connectivity index (χ0n) is 10.9. The van der Waals surface area contributed by atoms with Crippen LogP contribution in [0.3, 0.4) is 0 Å². The average molecular weight is 264 g/mol. The second-order valence-electron chi connectivity index (χ2n) is 4.11. The van der Waals surface area contributed by atoms with E-state index < -0.39 is 0 Å². The quantitative estimate of drug-likeness (QED) is 0.806. The van der Waals surface area contributed by atoms with Crippen LogP contribution in [-0.2, 0) is 14.1 Å². The van der Waals surface area contributed by atoms with Gasteiger partial charge in [0.05, 0.1) is 35.2 Å². The largest absolute Gasteiger partial charge is 0.330 e. The van der Waals surface area contributed by atoms with Gasteiger partial charge in [-0.15, -0.1) is 0 Å². The van der Waals surface area contributed by atoms with Crippen molar-refractivity contribution in [1.29, 1.82) is 0 Å². The molecule has 2 heterocycles. The van der Waals surface area contributed by atoms with Crippen molar-refractivity contribution >= 4 is 28.7 Å². The van der Waals surface area contributed by atoms with Crippen molar-refractivity contribution in [2.45, 2.75) is 13.8 Å².